The number of aryl methyl sites for hydroxylation is 2. The molecule has 0 saturated heterocycles. The molecule has 0 bridgehead atoms. The molecule has 0 aliphatic heterocycles. The van der Waals surface area contributed by atoms with Gasteiger partial charge in [-0.15, -0.1) is 0 Å². The van der Waals surface area contributed by atoms with Crippen LogP contribution >= 0.6 is 0 Å². The molecule has 0 fully saturated rings. The molecular weight excluding hydrogens is 579 g/mol. The molecule has 0 heterocycles. The van der Waals surface area contributed by atoms with Crippen LogP contribution in [0.1, 0.15) is 33.4 Å². The molecule has 0 aromatic heterocycles. The zero-order valence-electron chi connectivity index (χ0n) is 27.0. The van der Waals surface area contributed by atoms with Crippen molar-refractivity contribution in [2.45, 2.75) is 19.3 Å². The third-order valence-corrected chi connectivity index (χ3v) is 10.8. The Kier molecular flexibility index (Phi) is 5.69. The highest BCUT2D eigenvalue weighted by molar-refractivity contribution is 6.14. The third kappa shape index (κ3) is 3.51. The number of benzene rings is 8. The van der Waals surface area contributed by atoms with Gasteiger partial charge in [-0.2, -0.15) is 0 Å². The Hall–Kier alpha value is -5.92. The number of anilines is 3. The lowest BCUT2D eigenvalue weighted by atomic mass is 9.69. The second-order valence-electron chi connectivity index (χ2n) is 13.4. The second-order valence-corrected chi connectivity index (χ2v) is 13.4. The zero-order chi connectivity index (χ0) is 32.0. The van der Waals surface area contributed by atoms with Gasteiger partial charge in [-0.25, -0.2) is 0 Å². The lowest BCUT2D eigenvalue weighted by molar-refractivity contribution is 0.802. The van der Waals surface area contributed by atoms with Crippen molar-refractivity contribution in [3.05, 3.63) is 197 Å². The summed E-state index contributed by atoms with van der Waals surface area (Å²) in [6.45, 7) is 4.42. The minimum Gasteiger partial charge on any atom is -0.310 e. The fraction of sp³-hybridized carbons (Fsp3) is 0.0638. The molecule has 0 radical (unpaired) electrons. The largest absolute Gasteiger partial charge is 0.310 e. The van der Waals surface area contributed by atoms with Gasteiger partial charge in [-0.05, 0) is 110 Å². The second kappa shape index (κ2) is 10.0. The Morgan fingerprint density at radius 2 is 1.06 bits per heavy atom. The van der Waals surface area contributed by atoms with Crippen LogP contribution in [0, 0.1) is 13.8 Å². The Labute approximate surface area is 281 Å². The van der Waals surface area contributed by atoms with Crippen LogP contribution in [0.5, 0.6) is 0 Å². The quantitative estimate of drug-likeness (QED) is 0.192. The van der Waals surface area contributed by atoms with E-state index in [0.29, 0.717) is 0 Å². The summed E-state index contributed by atoms with van der Waals surface area (Å²) in [5, 5.41) is 5.12. The molecular formula is C47H33N. The molecule has 0 saturated carbocycles. The van der Waals surface area contributed by atoms with Crippen LogP contribution in [-0.4, -0.2) is 0 Å². The van der Waals surface area contributed by atoms with Crippen LogP contribution < -0.4 is 4.90 Å². The maximum Gasteiger partial charge on any atom is 0.0732 e. The highest BCUT2D eigenvalue weighted by atomic mass is 15.1. The zero-order valence-corrected chi connectivity index (χ0v) is 27.0. The number of hydrogen-bond donors (Lipinski definition) is 0. The van der Waals surface area contributed by atoms with Crippen molar-refractivity contribution in [1.29, 1.82) is 0 Å². The van der Waals surface area contributed by atoms with Crippen molar-refractivity contribution < 1.29 is 0 Å². The first-order valence-electron chi connectivity index (χ1n) is 16.9. The molecule has 48 heavy (non-hydrogen) atoms. The minimum absolute atomic E-state index is 0.471. The summed E-state index contributed by atoms with van der Waals surface area (Å²) >= 11 is 0. The molecule has 1 nitrogen and oxygen atoms in total. The summed E-state index contributed by atoms with van der Waals surface area (Å²) in [6.07, 6.45) is 0. The van der Waals surface area contributed by atoms with E-state index in [1.807, 2.05) is 0 Å². The molecule has 2 aliphatic rings. The molecule has 2 aliphatic carbocycles. The van der Waals surface area contributed by atoms with Gasteiger partial charge in [0.15, 0.2) is 0 Å². The van der Waals surface area contributed by atoms with E-state index in [9.17, 15) is 0 Å². The van der Waals surface area contributed by atoms with E-state index in [2.05, 4.69) is 183 Å². The van der Waals surface area contributed by atoms with E-state index < -0.39 is 5.41 Å². The van der Waals surface area contributed by atoms with Crippen molar-refractivity contribution in [3.63, 3.8) is 0 Å². The van der Waals surface area contributed by atoms with Crippen molar-refractivity contribution in [2.75, 3.05) is 4.90 Å². The first-order chi connectivity index (χ1) is 23.7. The standard InChI is InChI=1S/C47H33N/c1-30-24-25-31(2)43(28-30)48(33-15-4-3-5-16-33)44-29-42-45(38-21-9-8-20-37(38)44)39-27-26-32-14-6-7-17-34(32)46(39)47(42)40-22-12-10-18-35(40)36-19-11-13-23-41(36)47/h3-29H,1-2H3. The molecule has 10 rings (SSSR count). The van der Waals surface area contributed by atoms with E-state index in [4.69, 9.17) is 0 Å². The molecule has 0 atom stereocenters. The summed E-state index contributed by atoms with van der Waals surface area (Å²) in [4.78, 5) is 2.49. The Balaban J connectivity index is 1.42. The topological polar surface area (TPSA) is 3.24 Å². The first kappa shape index (κ1) is 27.2. The lowest BCUT2D eigenvalue weighted by Crippen LogP contribution is -2.26. The van der Waals surface area contributed by atoms with E-state index >= 15 is 0 Å². The van der Waals surface area contributed by atoms with Crippen LogP contribution in [0.3, 0.4) is 0 Å². The SMILES string of the molecule is Cc1ccc(C)c(N(c2ccccc2)c2cc3c(c4ccccc24)-c2ccc4ccccc4c2C32c3ccccc3-c3ccccc32)c1. The number of para-hydroxylation sites is 1. The predicted molar refractivity (Wildman–Crippen MR) is 202 cm³/mol. The number of fused-ring (bicyclic) bond motifs is 14. The summed E-state index contributed by atoms with van der Waals surface area (Å²) in [5.41, 5.74) is 16.4. The summed E-state index contributed by atoms with van der Waals surface area (Å²) in [5.74, 6) is 0. The van der Waals surface area contributed by atoms with Crippen molar-refractivity contribution in [3.8, 4) is 22.3 Å². The fourth-order valence-electron chi connectivity index (χ4n) is 8.89. The normalized spacial score (nSPS) is 13.4. The average molecular weight is 612 g/mol. The van der Waals surface area contributed by atoms with Crippen LogP contribution in [0.2, 0.25) is 0 Å². The maximum absolute atomic E-state index is 2.54. The van der Waals surface area contributed by atoms with Crippen LogP contribution in [0.25, 0.3) is 43.8 Å². The lowest BCUT2D eigenvalue weighted by Gasteiger charge is -2.34. The van der Waals surface area contributed by atoms with Gasteiger partial charge in [0.1, 0.15) is 0 Å². The summed E-state index contributed by atoms with van der Waals surface area (Å²) < 4.78 is 0. The number of hydrogen-bond acceptors (Lipinski definition) is 1. The molecule has 1 heteroatoms. The van der Waals surface area contributed by atoms with Crippen molar-refractivity contribution >= 4 is 38.6 Å². The Bertz CT molecular complexity index is 2550. The van der Waals surface area contributed by atoms with Crippen molar-refractivity contribution in [2.24, 2.45) is 0 Å². The molecule has 0 N–H and O–H groups in total. The molecule has 8 aromatic carbocycles. The molecule has 8 aromatic rings. The minimum atomic E-state index is -0.471. The molecule has 1 spiro atoms. The van der Waals surface area contributed by atoms with Gasteiger partial charge in [-0.1, -0.05) is 140 Å². The van der Waals surface area contributed by atoms with Gasteiger partial charge < -0.3 is 4.90 Å². The van der Waals surface area contributed by atoms with Gasteiger partial charge in [-0.3, -0.25) is 0 Å². The summed E-state index contributed by atoms with van der Waals surface area (Å²) in [7, 11) is 0. The molecule has 0 unspecified atom stereocenters. The first-order valence-corrected chi connectivity index (χ1v) is 16.9. The van der Waals surface area contributed by atoms with E-state index in [-0.39, 0.29) is 0 Å². The van der Waals surface area contributed by atoms with Crippen LogP contribution in [-0.2, 0) is 5.41 Å². The van der Waals surface area contributed by atoms with Crippen LogP contribution in [0.4, 0.5) is 17.1 Å². The van der Waals surface area contributed by atoms with Crippen LogP contribution in [0.15, 0.2) is 164 Å². The monoisotopic (exact) mass is 611 g/mol. The maximum atomic E-state index is 2.54. The molecule has 0 amide bonds. The van der Waals surface area contributed by atoms with Crippen molar-refractivity contribution in [1.82, 2.24) is 0 Å². The average Bonchev–Trinajstić information content (AvgIpc) is 3.61. The highest BCUT2D eigenvalue weighted by Gasteiger charge is 2.53. The summed E-state index contributed by atoms with van der Waals surface area (Å²) in [6, 6.07) is 61.2. The highest BCUT2D eigenvalue weighted by Crippen LogP contribution is 2.66. The van der Waals surface area contributed by atoms with E-state index in [1.54, 1.807) is 0 Å². The molecule has 226 valence electrons. The predicted octanol–water partition coefficient (Wildman–Crippen LogP) is 12.4. The van der Waals surface area contributed by atoms with E-state index in [0.717, 1.165) is 5.69 Å². The Morgan fingerprint density at radius 3 is 1.81 bits per heavy atom. The number of rotatable bonds is 3. The van der Waals surface area contributed by atoms with Gasteiger partial charge in [0, 0.05) is 16.8 Å². The smallest absolute Gasteiger partial charge is 0.0732 e. The van der Waals surface area contributed by atoms with Gasteiger partial charge in [0.2, 0.25) is 0 Å². The fourth-order valence-corrected chi connectivity index (χ4v) is 8.89. The Morgan fingerprint density at radius 1 is 0.438 bits per heavy atom. The van der Waals surface area contributed by atoms with E-state index in [1.165, 1.54) is 88.6 Å². The number of nitrogens with zero attached hydrogens (tertiary/aromatic N) is 1. The van der Waals surface area contributed by atoms with Gasteiger partial charge in [0.05, 0.1) is 11.1 Å². The third-order valence-electron chi connectivity index (χ3n) is 10.8. The van der Waals surface area contributed by atoms with Gasteiger partial charge in [0.25, 0.3) is 0 Å². The van der Waals surface area contributed by atoms with Gasteiger partial charge >= 0.3 is 0 Å².